The third-order valence-electron chi connectivity index (χ3n) is 3.09. The van der Waals surface area contributed by atoms with Crippen LogP contribution in [0.3, 0.4) is 0 Å². The van der Waals surface area contributed by atoms with Crippen molar-refractivity contribution in [3.8, 4) is 16.9 Å². The lowest BCUT2D eigenvalue weighted by Gasteiger charge is -2.11. The summed E-state index contributed by atoms with van der Waals surface area (Å²) < 4.78 is 5.34. The molecule has 0 aliphatic heterocycles. The molecule has 0 saturated heterocycles. The Morgan fingerprint density at radius 3 is 2.74 bits per heavy atom. The van der Waals surface area contributed by atoms with Gasteiger partial charge in [0.05, 0.1) is 19.0 Å². The highest BCUT2D eigenvalue weighted by molar-refractivity contribution is 5.99. The molecule has 3 aromatic rings. The molecule has 19 heavy (non-hydrogen) atoms. The van der Waals surface area contributed by atoms with E-state index in [-0.39, 0.29) is 0 Å². The van der Waals surface area contributed by atoms with Crippen LogP contribution < -0.4 is 10.5 Å². The first kappa shape index (κ1) is 11.5. The van der Waals surface area contributed by atoms with Crippen molar-refractivity contribution in [2.75, 3.05) is 12.8 Å². The summed E-state index contributed by atoms with van der Waals surface area (Å²) in [6.07, 6.45) is 5.14. The Morgan fingerprint density at radius 2 is 1.95 bits per heavy atom. The lowest BCUT2D eigenvalue weighted by molar-refractivity contribution is 0.419. The predicted octanol–water partition coefficient (Wildman–Crippen LogP) is 2.89. The smallest absolute Gasteiger partial charge is 0.145 e. The van der Waals surface area contributed by atoms with Crippen molar-refractivity contribution in [1.29, 1.82) is 0 Å². The number of ether oxygens (including phenoxy) is 1. The van der Waals surface area contributed by atoms with Crippen LogP contribution in [0.25, 0.3) is 22.0 Å². The van der Waals surface area contributed by atoms with Crippen LogP contribution >= 0.6 is 0 Å². The fourth-order valence-corrected chi connectivity index (χ4v) is 2.20. The third kappa shape index (κ3) is 1.87. The molecule has 4 heteroatoms. The molecular weight excluding hydrogens is 238 g/mol. The minimum absolute atomic E-state index is 0.651. The van der Waals surface area contributed by atoms with E-state index >= 15 is 0 Å². The van der Waals surface area contributed by atoms with Crippen LogP contribution in [0.4, 0.5) is 5.69 Å². The van der Waals surface area contributed by atoms with E-state index in [1.165, 1.54) is 0 Å². The fourth-order valence-electron chi connectivity index (χ4n) is 2.20. The van der Waals surface area contributed by atoms with Crippen molar-refractivity contribution in [2.45, 2.75) is 0 Å². The number of benzene rings is 1. The highest BCUT2D eigenvalue weighted by Crippen LogP contribution is 2.35. The first-order chi connectivity index (χ1) is 9.31. The Bertz CT molecular complexity index is 740. The highest BCUT2D eigenvalue weighted by Gasteiger charge is 2.10. The summed E-state index contributed by atoms with van der Waals surface area (Å²) >= 11 is 0. The molecular formula is C15H13N3O. The van der Waals surface area contributed by atoms with Crippen molar-refractivity contribution in [2.24, 2.45) is 0 Å². The Hall–Kier alpha value is -2.62. The van der Waals surface area contributed by atoms with E-state index in [1.807, 2.05) is 30.3 Å². The number of aromatic nitrogens is 2. The molecule has 3 rings (SSSR count). The number of methoxy groups -OCH3 is 1. The van der Waals surface area contributed by atoms with E-state index in [9.17, 15) is 0 Å². The number of pyridine rings is 2. The van der Waals surface area contributed by atoms with Crippen molar-refractivity contribution in [3.05, 3.63) is 48.9 Å². The van der Waals surface area contributed by atoms with Gasteiger partial charge in [-0.3, -0.25) is 9.97 Å². The van der Waals surface area contributed by atoms with Crippen LogP contribution in [0.5, 0.6) is 5.75 Å². The average Bonchev–Trinajstić information content (AvgIpc) is 2.47. The van der Waals surface area contributed by atoms with E-state index in [0.29, 0.717) is 5.69 Å². The molecule has 2 N–H and O–H groups in total. The van der Waals surface area contributed by atoms with Crippen LogP contribution in [0.15, 0.2) is 48.9 Å². The van der Waals surface area contributed by atoms with Crippen LogP contribution in [0, 0.1) is 0 Å². The van der Waals surface area contributed by atoms with E-state index in [1.54, 1.807) is 25.7 Å². The summed E-state index contributed by atoms with van der Waals surface area (Å²) in [4.78, 5) is 8.41. The molecule has 0 spiro atoms. The van der Waals surface area contributed by atoms with Gasteiger partial charge in [0.15, 0.2) is 0 Å². The molecule has 0 saturated carbocycles. The van der Waals surface area contributed by atoms with Gasteiger partial charge in [-0.2, -0.15) is 0 Å². The van der Waals surface area contributed by atoms with Crippen LogP contribution in [0.2, 0.25) is 0 Å². The second-order valence-electron chi connectivity index (χ2n) is 4.18. The fraction of sp³-hybridized carbons (Fsp3) is 0.0667. The van der Waals surface area contributed by atoms with Crippen molar-refractivity contribution in [3.63, 3.8) is 0 Å². The molecule has 0 radical (unpaired) electrons. The van der Waals surface area contributed by atoms with Gasteiger partial charge in [-0.1, -0.05) is 6.07 Å². The number of anilines is 1. The second-order valence-corrected chi connectivity index (χ2v) is 4.18. The first-order valence-electron chi connectivity index (χ1n) is 5.93. The molecule has 0 amide bonds. The number of rotatable bonds is 2. The Balaban J connectivity index is 2.35. The molecule has 0 bridgehead atoms. The predicted molar refractivity (Wildman–Crippen MR) is 75.9 cm³/mol. The minimum Gasteiger partial charge on any atom is -0.494 e. The summed E-state index contributed by atoms with van der Waals surface area (Å²) in [5, 5.41) is 1.01. The normalized spacial score (nSPS) is 10.6. The topological polar surface area (TPSA) is 61.0 Å². The molecule has 0 atom stereocenters. The van der Waals surface area contributed by atoms with E-state index in [4.69, 9.17) is 10.5 Å². The maximum Gasteiger partial charge on any atom is 0.145 e. The zero-order valence-corrected chi connectivity index (χ0v) is 10.5. The lowest BCUT2D eigenvalue weighted by Crippen LogP contribution is -1.93. The summed E-state index contributed by atoms with van der Waals surface area (Å²) in [6.45, 7) is 0. The Morgan fingerprint density at radius 1 is 1.05 bits per heavy atom. The maximum atomic E-state index is 6.00. The molecule has 0 aliphatic rings. The summed E-state index contributed by atoms with van der Waals surface area (Å²) in [5.74, 6) is 0.756. The Labute approximate surface area is 110 Å². The molecule has 4 nitrogen and oxygen atoms in total. The molecule has 2 heterocycles. The van der Waals surface area contributed by atoms with Gasteiger partial charge in [0.25, 0.3) is 0 Å². The lowest BCUT2D eigenvalue weighted by atomic mass is 10.00. The summed E-state index contributed by atoms with van der Waals surface area (Å²) in [6, 6.07) is 9.73. The van der Waals surface area contributed by atoms with Gasteiger partial charge in [0, 0.05) is 23.3 Å². The van der Waals surface area contributed by atoms with E-state index in [2.05, 4.69) is 9.97 Å². The van der Waals surface area contributed by atoms with Gasteiger partial charge in [0.1, 0.15) is 11.3 Å². The quantitative estimate of drug-likeness (QED) is 0.760. The monoisotopic (exact) mass is 251 g/mol. The molecule has 0 fully saturated rings. The summed E-state index contributed by atoms with van der Waals surface area (Å²) in [7, 11) is 1.64. The van der Waals surface area contributed by atoms with Gasteiger partial charge < -0.3 is 10.5 Å². The summed E-state index contributed by atoms with van der Waals surface area (Å²) in [5.41, 5.74) is 9.47. The number of nitrogens with zero attached hydrogens (tertiary/aromatic N) is 2. The van der Waals surface area contributed by atoms with Gasteiger partial charge in [-0.25, -0.2) is 0 Å². The highest BCUT2D eigenvalue weighted by atomic mass is 16.5. The van der Waals surface area contributed by atoms with Gasteiger partial charge in [0.2, 0.25) is 0 Å². The second kappa shape index (κ2) is 4.57. The standard InChI is InChI=1S/C15H13N3O/c1-19-14-5-4-10(11-6-8-17-9-13(11)16)12-3-2-7-18-15(12)14/h2-9H,16H2,1H3. The number of hydrogen-bond donors (Lipinski definition) is 1. The molecule has 94 valence electrons. The van der Waals surface area contributed by atoms with E-state index in [0.717, 1.165) is 27.8 Å². The molecule has 0 aliphatic carbocycles. The number of nitrogens with two attached hydrogens (primary N) is 1. The molecule has 2 aromatic heterocycles. The molecule has 0 unspecified atom stereocenters. The number of hydrogen-bond acceptors (Lipinski definition) is 4. The zero-order chi connectivity index (χ0) is 13.2. The van der Waals surface area contributed by atoms with Crippen molar-refractivity contribution in [1.82, 2.24) is 9.97 Å². The van der Waals surface area contributed by atoms with Gasteiger partial charge in [-0.15, -0.1) is 0 Å². The van der Waals surface area contributed by atoms with Crippen molar-refractivity contribution >= 4 is 16.6 Å². The van der Waals surface area contributed by atoms with Crippen LogP contribution in [-0.2, 0) is 0 Å². The van der Waals surface area contributed by atoms with Crippen molar-refractivity contribution < 1.29 is 4.74 Å². The average molecular weight is 251 g/mol. The number of fused-ring (bicyclic) bond motifs is 1. The Kier molecular flexibility index (Phi) is 2.76. The van der Waals surface area contributed by atoms with Crippen LogP contribution in [-0.4, -0.2) is 17.1 Å². The van der Waals surface area contributed by atoms with E-state index < -0.39 is 0 Å². The largest absolute Gasteiger partial charge is 0.494 e. The van der Waals surface area contributed by atoms with Gasteiger partial charge in [-0.05, 0) is 29.8 Å². The van der Waals surface area contributed by atoms with Gasteiger partial charge >= 0.3 is 0 Å². The SMILES string of the molecule is COc1ccc(-c2ccncc2N)c2cccnc12. The minimum atomic E-state index is 0.651. The first-order valence-corrected chi connectivity index (χ1v) is 5.93. The third-order valence-corrected chi connectivity index (χ3v) is 3.09. The maximum absolute atomic E-state index is 6.00. The zero-order valence-electron chi connectivity index (χ0n) is 10.5. The van der Waals surface area contributed by atoms with Crippen LogP contribution in [0.1, 0.15) is 0 Å². The number of nitrogen functional groups attached to an aromatic ring is 1. The molecule has 1 aromatic carbocycles.